The first-order valence-corrected chi connectivity index (χ1v) is 21.9. The molecule has 2 atom stereocenters. The fourth-order valence-corrected chi connectivity index (χ4v) is 7.21. The van der Waals surface area contributed by atoms with Crippen LogP contribution in [0.5, 0.6) is 0 Å². The minimum atomic E-state index is 0.521. The predicted molar refractivity (Wildman–Crippen MR) is 207 cm³/mol. The van der Waals surface area contributed by atoms with E-state index in [4.69, 9.17) is 4.74 Å². The molecule has 0 aromatic rings. The van der Waals surface area contributed by atoms with Gasteiger partial charge in [0.1, 0.15) is 0 Å². The van der Waals surface area contributed by atoms with E-state index in [1.54, 1.807) is 0 Å². The first-order valence-electron chi connectivity index (χ1n) is 21.9. The zero-order valence-electron chi connectivity index (χ0n) is 32.4. The minimum absolute atomic E-state index is 0.521. The van der Waals surface area contributed by atoms with Crippen molar-refractivity contribution in [1.82, 2.24) is 0 Å². The Bertz CT molecular complexity index is 457. The van der Waals surface area contributed by atoms with Crippen LogP contribution in [0.25, 0.3) is 0 Å². The van der Waals surface area contributed by atoms with Crippen molar-refractivity contribution >= 4 is 0 Å². The molecule has 0 fully saturated rings. The standard InChI is InChI=1S/C44H90O/c1-5-9-13-15-17-19-21-23-25-27-29-31-33-37-41-43(39-35-11-7-3)45-44(40-36-12-8-4)42-38-34-32-30-28-26-24-22-20-18-16-14-10-6-2/h43-44H,5-42H2,1-4H3. The molecule has 0 N–H and O–H groups in total. The first kappa shape index (κ1) is 45.0. The van der Waals surface area contributed by atoms with Crippen LogP contribution in [0.1, 0.15) is 272 Å². The van der Waals surface area contributed by atoms with E-state index in [-0.39, 0.29) is 0 Å². The van der Waals surface area contributed by atoms with Gasteiger partial charge >= 0.3 is 0 Å². The van der Waals surface area contributed by atoms with Gasteiger partial charge in [0.05, 0.1) is 12.2 Å². The van der Waals surface area contributed by atoms with Gasteiger partial charge in [-0.25, -0.2) is 0 Å². The lowest BCUT2D eigenvalue weighted by atomic mass is 10.00. The van der Waals surface area contributed by atoms with Crippen LogP contribution in [0.3, 0.4) is 0 Å². The van der Waals surface area contributed by atoms with Crippen molar-refractivity contribution in [2.45, 2.75) is 284 Å². The molecular formula is C44H90O. The number of rotatable bonds is 40. The third-order valence-corrected chi connectivity index (χ3v) is 10.4. The van der Waals surface area contributed by atoms with E-state index in [1.807, 2.05) is 0 Å². The summed E-state index contributed by atoms with van der Waals surface area (Å²) in [5.74, 6) is 0. The van der Waals surface area contributed by atoms with Crippen LogP contribution < -0.4 is 0 Å². The van der Waals surface area contributed by atoms with Crippen LogP contribution >= 0.6 is 0 Å². The summed E-state index contributed by atoms with van der Waals surface area (Å²) in [6, 6.07) is 0. The Morgan fingerprint density at radius 1 is 0.222 bits per heavy atom. The number of hydrogen-bond donors (Lipinski definition) is 0. The summed E-state index contributed by atoms with van der Waals surface area (Å²) in [4.78, 5) is 0. The quantitative estimate of drug-likeness (QED) is 0.0609. The summed E-state index contributed by atoms with van der Waals surface area (Å²) in [5.41, 5.74) is 0. The second-order valence-electron chi connectivity index (χ2n) is 15.1. The van der Waals surface area contributed by atoms with Gasteiger partial charge in [-0.3, -0.25) is 0 Å². The molecule has 0 spiro atoms. The molecule has 0 heterocycles. The lowest BCUT2D eigenvalue weighted by molar-refractivity contribution is -0.0323. The van der Waals surface area contributed by atoms with Crippen LogP contribution in [-0.4, -0.2) is 12.2 Å². The molecule has 0 aliphatic rings. The highest BCUT2D eigenvalue weighted by Gasteiger charge is 2.16. The normalized spacial score (nSPS) is 13.1. The highest BCUT2D eigenvalue weighted by atomic mass is 16.5. The molecule has 0 saturated carbocycles. The Hall–Kier alpha value is -0.0400. The van der Waals surface area contributed by atoms with Crippen LogP contribution in [0.15, 0.2) is 0 Å². The monoisotopic (exact) mass is 635 g/mol. The lowest BCUT2D eigenvalue weighted by Crippen LogP contribution is -2.23. The maximum atomic E-state index is 6.97. The van der Waals surface area contributed by atoms with Crippen molar-refractivity contribution in [1.29, 1.82) is 0 Å². The molecule has 0 amide bonds. The van der Waals surface area contributed by atoms with Gasteiger partial charge in [-0.05, 0) is 25.7 Å². The van der Waals surface area contributed by atoms with E-state index < -0.39 is 0 Å². The van der Waals surface area contributed by atoms with Crippen molar-refractivity contribution in [3.8, 4) is 0 Å². The first-order chi connectivity index (χ1) is 22.3. The summed E-state index contributed by atoms with van der Waals surface area (Å²) in [6.07, 6.45) is 54.9. The van der Waals surface area contributed by atoms with Gasteiger partial charge < -0.3 is 4.74 Å². The summed E-state index contributed by atoms with van der Waals surface area (Å²) < 4.78 is 6.97. The maximum absolute atomic E-state index is 6.97. The molecule has 1 nitrogen and oxygen atoms in total. The van der Waals surface area contributed by atoms with Crippen molar-refractivity contribution in [2.24, 2.45) is 0 Å². The van der Waals surface area contributed by atoms with Crippen LogP contribution in [0.4, 0.5) is 0 Å². The van der Waals surface area contributed by atoms with E-state index in [0.717, 1.165) is 0 Å². The number of hydrogen-bond acceptors (Lipinski definition) is 1. The number of unbranched alkanes of at least 4 members (excludes halogenated alkanes) is 30. The largest absolute Gasteiger partial charge is 0.375 e. The van der Waals surface area contributed by atoms with Gasteiger partial charge in [-0.15, -0.1) is 0 Å². The van der Waals surface area contributed by atoms with Gasteiger partial charge in [0, 0.05) is 0 Å². The van der Waals surface area contributed by atoms with Gasteiger partial charge in [0.2, 0.25) is 0 Å². The van der Waals surface area contributed by atoms with E-state index in [2.05, 4.69) is 27.7 Å². The molecule has 0 bridgehead atoms. The van der Waals surface area contributed by atoms with Crippen LogP contribution in [0.2, 0.25) is 0 Å². The highest BCUT2D eigenvalue weighted by molar-refractivity contribution is 4.67. The maximum Gasteiger partial charge on any atom is 0.0578 e. The van der Waals surface area contributed by atoms with E-state index >= 15 is 0 Å². The zero-order chi connectivity index (χ0) is 32.7. The molecule has 0 aromatic carbocycles. The number of ether oxygens (including phenoxy) is 1. The third kappa shape index (κ3) is 36.6. The topological polar surface area (TPSA) is 9.23 Å². The van der Waals surface area contributed by atoms with E-state index in [0.29, 0.717) is 12.2 Å². The Kier molecular flexibility index (Phi) is 40.1. The van der Waals surface area contributed by atoms with Crippen molar-refractivity contribution < 1.29 is 4.74 Å². The van der Waals surface area contributed by atoms with Crippen molar-refractivity contribution in [2.75, 3.05) is 0 Å². The van der Waals surface area contributed by atoms with Gasteiger partial charge in [-0.1, -0.05) is 246 Å². The molecule has 1 heteroatoms. The average Bonchev–Trinajstić information content (AvgIpc) is 3.04. The smallest absolute Gasteiger partial charge is 0.0578 e. The fourth-order valence-electron chi connectivity index (χ4n) is 7.21. The minimum Gasteiger partial charge on any atom is -0.375 e. The Balaban J connectivity index is 4.10. The summed E-state index contributed by atoms with van der Waals surface area (Å²) in [6.45, 7) is 9.30. The molecule has 0 radical (unpaired) electrons. The van der Waals surface area contributed by atoms with Gasteiger partial charge in [0.15, 0.2) is 0 Å². The third-order valence-electron chi connectivity index (χ3n) is 10.4. The lowest BCUT2D eigenvalue weighted by Gasteiger charge is -2.26. The summed E-state index contributed by atoms with van der Waals surface area (Å²) in [5, 5.41) is 0. The molecule has 0 aliphatic heterocycles. The Morgan fingerprint density at radius 3 is 0.600 bits per heavy atom. The predicted octanol–water partition coefficient (Wildman–Crippen LogP) is 16.6. The SMILES string of the molecule is CCCCCCCCCCCCCCCCC(CCCCC)OC(CCCCC)CCCCCCCCCCCCCCCC. The van der Waals surface area contributed by atoms with Crippen molar-refractivity contribution in [3.63, 3.8) is 0 Å². The molecular weight excluding hydrogens is 544 g/mol. The second-order valence-corrected chi connectivity index (χ2v) is 15.1. The molecule has 272 valence electrons. The van der Waals surface area contributed by atoms with E-state index in [1.165, 1.54) is 244 Å². The van der Waals surface area contributed by atoms with E-state index in [9.17, 15) is 0 Å². The Morgan fingerprint density at radius 2 is 0.378 bits per heavy atom. The molecule has 45 heavy (non-hydrogen) atoms. The Labute approximate surface area is 288 Å². The molecule has 0 rings (SSSR count). The van der Waals surface area contributed by atoms with Crippen molar-refractivity contribution in [3.05, 3.63) is 0 Å². The fraction of sp³-hybridized carbons (Fsp3) is 1.00. The van der Waals surface area contributed by atoms with Crippen LogP contribution in [0, 0.1) is 0 Å². The van der Waals surface area contributed by atoms with Crippen LogP contribution in [-0.2, 0) is 4.74 Å². The van der Waals surface area contributed by atoms with Gasteiger partial charge in [-0.2, -0.15) is 0 Å². The van der Waals surface area contributed by atoms with Gasteiger partial charge in [0.25, 0.3) is 0 Å². The molecule has 0 aromatic heterocycles. The summed E-state index contributed by atoms with van der Waals surface area (Å²) in [7, 11) is 0. The summed E-state index contributed by atoms with van der Waals surface area (Å²) >= 11 is 0. The zero-order valence-corrected chi connectivity index (χ0v) is 32.4. The molecule has 0 aliphatic carbocycles. The second kappa shape index (κ2) is 40.1. The highest BCUT2D eigenvalue weighted by Crippen LogP contribution is 2.23. The molecule has 0 saturated heterocycles. The molecule has 2 unspecified atom stereocenters. The average molecular weight is 635 g/mol.